The molecule has 5 aromatic rings. The van der Waals surface area contributed by atoms with Crippen molar-refractivity contribution < 1.29 is 23.8 Å². The number of pyridine rings is 1. The minimum absolute atomic E-state index is 0.304. The molecule has 0 saturated carbocycles. The van der Waals surface area contributed by atoms with Crippen LogP contribution in [-0.4, -0.2) is 30.5 Å². The van der Waals surface area contributed by atoms with Crippen LogP contribution in [0, 0.1) is 0 Å². The van der Waals surface area contributed by atoms with Crippen molar-refractivity contribution in [2.24, 2.45) is 0 Å². The number of ether oxygens (including phenoxy) is 3. The smallest absolute Gasteiger partial charge is 0.339 e. The van der Waals surface area contributed by atoms with Crippen LogP contribution in [-0.2, 0) is 11.3 Å². The molecule has 0 fully saturated rings. The first-order valence-electron chi connectivity index (χ1n) is 12.1. The molecule has 6 heteroatoms. The molecule has 5 rings (SSSR count). The van der Waals surface area contributed by atoms with Crippen molar-refractivity contribution in [1.29, 1.82) is 0 Å². The molecule has 0 saturated heterocycles. The number of benzene rings is 4. The summed E-state index contributed by atoms with van der Waals surface area (Å²) >= 11 is 0. The second-order valence-corrected chi connectivity index (χ2v) is 8.60. The average Bonchev–Trinajstić information content (AvgIpc) is 2.99. The number of carbonyl (C=O) groups is 2. The van der Waals surface area contributed by atoms with Crippen LogP contribution in [0.15, 0.2) is 109 Å². The molecule has 0 spiro atoms. The molecule has 4 aromatic carbocycles. The topological polar surface area (TPSA) is 74.7 Å². The van der Waals surface area contributed by atoms with Crippen molar-refractivity contribution in [3.8, 4) is 22.8 Å². The van der Waals surface area contributed by atoms with Gasteiger partial charge in [0.25, 0.3) is 0 Å². The Labute approximate surface area is 220 Å². The Kier molecular flexibility index (Phi) is 7.41. The van der Waals surface area contributed by atoms with Crippen molar-refractivity contribution in [3.05, 3.63) is 126 Å². The summed E-state index contributed by atoms with van der Waals surface area (Å²) in [6.07, 6.45) is 0. The average molecular weight is 504 g/mol. The molecule has 1 aromatic heterocycles. The second kappa shape index (κ2) is 11.4. The van der Waals surface area contributed by atoms with E-state index in [0.717, 1.165) is 16.9 Å². The number of nitrogens with zero attached hydrogens (tertiary/aromatic N) is 1. The molecule has 188 valence electrons. The van der Waals surface area contributed by atoms with E-state index >= 15 is 0 Å². The Hall–Kier alpha value is -4.97. The highest BCUT2D eigenvalue weighted by atomic mass is 16.5. The fourth-order valence-corrected chi connectivity index (χ4v) is 4.02. The van der Waals surface area contributed by atoms with E-state index < -0.39 is 5.97 Å². The minimum Gasteiger partial charge on any atom is -0.497 e. The van der Waals surface area contributed by atoms with Gasteiger partial charge in [-0.05, 0) is 66.2 Å². The van der Waals surface area contributed by atoms with Gasteiger partial charge in [0.05, 0.1) is 23.9 Å². The second-order valence-electron chi connectivity index (χ2n) is 8.60. The molecule has 38 heavy (non-hydrogen) atoms. The zero-order valence-electron chi connectivity index (χ0n) is 20.8. The Balaban J connectivity index is 1.28. The van der Waals surface area contributed by atoms with Crippen molar-refractivity contribution in [3.63, 3.8) is 0 Å². The van der Waals surface area contributed by atoms with Gasteiger partial charge in [-0.1, -0.05) is 48.5 Å². The van der Waals surface area contributed by atoms with Gasteiger partial charge in [0.1, 0.15) is 18.1 Å². The zero-order valence-corrected chi connectivity index (χ0v) is 20.8. The Morgan fingerprint density at radius 2 is 1.45 bits per heavy atom. The molecule has 0 atom stereocenters. The minimum atomic E-state index is -0.588. The number of ketones is 1. The molecule has 0 aliphatic rings. The number of aromatic nitrogens is 1. The van der Waals surface area contributed by atoms with Crippen molar-refractivity contribution in [1.82, 2.24) is 4.98 Å². The summed E-state index contributed by atoms with van der Waals surface area (Å²) in [5.41, 5.74) is 3.94. The van der Waals surface area contributed by atoms with Gasteiger partial charge in [-0.3, -0.25) is 4.79 Å². The molecule has 6 nitrogen and oxygen atoms in total. The molecule has 0 bridgehead atoms. The lowest BCUT2D eigenvalue weighted by Crippen LogP contribution is -2.15. The van der Waals surface area contributed by atoms with Gasteiger partial charge in [0, 0.05) is 16.5 Å². The van der Waals surface area contributed by atoms with Gasteiger partial charge in [-0.25, -0.2) is 9.78 Å². The molecule has 0 aliphatic carbocycles. The van der Waals surface area contributed by atoms with Crippen LogP contribution in [0.4, 0.5) is 0 Å². The third-order valence-corrected chi connectivity index (χ3v) is 6.08. The van der Waals surface area contributed by atoms with E-state index in [-0.39, 0.29) is 12.4 Å². The lowest BCUT2D eigenvalue weighted by Gasteiger charge is -2.11. The van der Waals surface area contributed by atoms with Crippen LogP contribution in [0.25, 0.3) is 22.2 Å². The summed E-state index contributed by atoms with van der Waals surface area (Å²) in [6, 6.07) is 33.1. The van der Waals surface area contributed by atoms with Gasteiger partial charge in [-0.15, -0.1) is 0 Å². The van der Waals surface area contributed by atoms with Gasteiger partial charge in [-0.2, -0.15) is 0 Å². The Bertz CT molecular complexity index is 1560. The number of rotatable bonds is 9. The number of hydrogen-bond donors (Lipinski definition) is 0. The normalized spacial score (nSPS) is 10.7. The molecule has 0 amide bonds. The Morgan fingerprint density at radius 1 is 0.763 bits per heavy atom. The van der Waals surface area contributed by atoms with Crippen LogP contribution >= 0.6 is 0 Å². The van der Waals surface area contributed by atoms with Crippen molar-refractivity contribution in [2.75, 3.05) is 13.7 Å². The van der Waals surface area contributed by atoms with Crippen molar-refractivity contribution in [2.45, 2.75) is 6.61 Å². The highest BCUT2D eigenvalue weighted by Crippen LogP contribution is 2.27. The highest BCUT2D eigenvalue weighted by molar-refractivity contribution is 6.06. The quantitative estimate of drug-likeness (QED) is 0.168. The van der Waals surface area contributed by atoms with E-state index in [1.165, 1.54) is 0 Å². The third-order valence-electron chi connectivity index (χ3n) is 6.08. The SMILES string of the molecule is COc1ccc(-c2cc(C(=O)OCC(=O)c3ccc(OCc4ccccc4)cc3)c3ccccc3n2)cc1. The van der Waals surface area contributed by atoms with Gasteiger partial charge in [0.2, 0.25) is 0 Å². The number of hydrogen-bond acceptors (Lipinski definition) is 6. The molecule has 0 aliphatic heterocycles. The maximum Gasteiger partial charge on any atom is 0.339 e. The first-order chi connectivity index (χ1) is 18.6. The van der Waals surface area contributed by atoms with Crippen LogP contribution in [0.5, 0.6) is 11.5 Å². The fourth-order valence-electron chi connectivity index (χ4n) is 4.02. The lowest BCUT2D eigenvalue weighted by atomic mass is 10.0. The van der Waals surface area contributed by atoms with E-state index in [4.69, 9.17) is 19.2 Å². The van der Waals surface area contributed by atoms with Gasteiger partial charge < -0.3 is 14.2 Å². The van der Waals surface area contributed by atoms with E-state index in [9.17, 15) is 9.59 Å². The molecule has 0 unspecified atom stereocenters. The number of esters is 1. The molecule has 0 N–H and O–H groups in total. The number of para-hydroxylation sites is 1. The predicted molar refractivity (Wildman–Crippen MR) is 146 cm³/mol. The maximum absolute atomic E-state index is 13.1. The largest absolute Gasteiger partial charge is 0.497 e. The summed E-state index contributed by atoms with van der Waals surface area (Å²) in [7, 11) is 1.60. The number of methoxy groups -OCH3 is 1. The van der Waals surface area contributed by atoms with E-state index in [1.807, 2.05) is 78.9 Å². The number of fused-ring (bicyclic) bond motifs is 1. The van der Waals surface area contributed by atoms with Crippen LogP contribution in [0.2, 0.25) is 0 Å². The predicted octanol–water partition coefficient (Wildman–Crippen LogP) is 6.53. The molecular formula is C32H25NO5. The summed E-state index contributed by atoms with van der Waals surface area (Å²) < 4.78 is 16.5. The highest BCUT2D eigenvalue weighted by Gasteiger charge is 2.17. The number of Topliss-reactive ketones (excluding diaryl/α,β-unsaturated/α-hetero) is 1. The van der Waals surface area contributed by atoms with Crippen LogP contribution in [0.3, 0.4) is 0 Å². The van der Waals surface area contributed by atoms with E-state index in [1.54, 1.807) is 37.4 Å². The monoisotopic (exact) mass is 503 g/mol. The van der Waals surface area contributed by atoms with Gasteiger partial charge in [0.15, 0.2) is 12.4 Å². The number of carbonyl (C=O) groups excluding carboxylic acids is 2. The van der Waals surface area contributed by atoms with Crippen LogP contribution < -0.4 is 9.47 Å². The molecule has 1 heterocycles. The van der Waals surface area contributed by atoms with Gasteiger partial charge >= 0.3 is 5.97 Å². The van der Waals surface area contributed by atoms with E-state index in [0.29, 0.717) is 40.1 Å². The Morgan fingerprint density at radius 3 is 2.18 bits per heavy atom. The standard InChI is InChI=1S/C32H25NO5/c1-36-25-15-11-23(12-16-25)30-19-28(27-9-5-6-10-29(27)33-30)32(35)38-21-31(34)24-13-17-26(18-14-24)37-20-22-7-3-2-4-8-22/h2-19H,20-21H2,1H3. The van der Waals surface area contributed by atoms with E-state index in [2.05, 4.69) is 0 Å². The third kappa shape index (κ3) is 5.71. The zero-order chi connectivity index (χ0) is 26.3. The van der Waals surface area contributed by atoms with Crippen molar-refractivity contribution >= 4 is 22.7 Å². The van der Waals surface area contributed by atoms with Crippen LogP contribution in [0.1, 0.15) is 26.3 Å². The fraction of sp³-hybridized carbons (Fsp3) is 0.0938. The first-order valence-corrected chi connectivity index (χ1v) is 12.1. The molecular weight excluding hydrogens is 478 g/mol. The lowest BCUT2D eigenvalue weighted by molar-refractivity contribution is 0.0476. The first kappa shape index (κ1) is 24.7. The molecule has 0 radical (unpaired) electrons. The summed E-state index contributed by atoms with van der Waals surface area (Å²) in [5.74, 6) is 0.483. The summed E-state index contributed by atoms with van der Waals surface area (Å²) in [6.45, 7) is 0.0573. The maximum atomic E-state index is 13.1. The summed E-state index contributed by atoms with van der Waals surface area (Å²) in [5, 5.41) is 0.655. The summed E-state index contributed by atoms with van der Waals surface area (Å²) in [4.78, 5) is 30.6.